The number of nitrogens with zero attached hydrogens (tertiary/aromatic N) is 4. The number of nitro benzene ring substituents is 1. The van der Waals surface area contributed by atoms with Gasteiger partial charge in [-0.3, -0.25) is 19.5 Å². The summed E-state index contributed by atoms with van der Waals surface area (Å²) in [6.07, 6.45) is 0.907. The second kappa shape index (κ2) is 9.80. The molecule has 0 fully saturated rings. The average Bonchev–Trinajstić information content (AvgIpc) is 3.30. The number of halogens is 1. The molecular weight excluding hydrogens is 458 g/mol. The number of aromatic nitrogens is 3. The largest absolute Gasteiger partial charge is 0.324 e. The molecule has 0 bridgehead atoms. The van der Waals surface area contributed by atoms with Gasteiger partial charge in [0.05, 0.1) is 21.4 Å². The van der Waals surface area contributed by atoms with Crippen molar-refractivity contribution in [3.63, 3.8) is 0 Å². The Morgan fingerprint density at radius 3 is 2.77 bits per heavy atom. The Balaban J connectivity index is 1.78. The van der Waals surface area contributed by atoms with Crippen LogP contribution >= 0.6 is 34.7 Å². The molecule has 0 saturated carbocycles. The lowest BCUT2D eigenvalue weighted by Gasteiger charge is -2.14. The van der Waals surface area contributed by atoms with Crippen LogP contribution in [0.4, 0.5) is 11.4 Å². The fraction of sp³-hybridized carbons (Fsp3) is 0.350. The van der Waals surface area contributed by atoms with E-state index in [4.69, 9.17) is 11.6 Å². The fourth-order valence-electron chi connectivity index (χ4n) is 3.17. The van der Waals surface area contributed by atoms with E-state index in [0.717, 1.165) is 17.8 Å². The summed E-state index contributed by atoms with van der Waals surface area (Å²) in [6.45, 7) is 8.31. The van der Waals surface area contributed by atoms with Gasteiger partial charge in [-0.1, -0.05) is 30.3 Å². The summed E-state index contributed by atoms with van der Waals surface area (Å²) >= 11 is 9.01. The van der Waals surface area contributed by atoms with E-state index in [0.29, 0.717) is 5.16 Å². The molecule has 2 aromatic heterocycles. The number of nitro groups is 1. The summed E-state index contributed by atoms with van der Waals surface area (Å²) < 4.78 is 2.03. The fourth-order valence-corrected chi connectivity index (χ4v) is 5.14. The van der Waals surface area contributed by atoms with E-state index in [-0.39, 0.29) is 34.1 Å². The van der Waals surface area contributed by atoms with Crippen molar-refractivity contribution in [3.05, 3.63) is 49.2 Å². The number of carbonyl (C=O) groups is 1. The van der Waals surface area contributed by atoms with E-state index in [1.165, 1.54) is 40.4 Å². The van der Waals surface area contributed by atoms with Crippen LogP contribution in [0.3, 0.4) is 0 Å². The maximum absolute atomic E-state index is 12.5. The van der Waals surface area contributed by atoms with Gasteiger partial charge in [0, 0.05) is 34.0 Å². The van der Waals surface area contributed by atoms with Gasteiger partial charge in [0.15, 0.2) is 11.0 Å². The molecule has 1 amide bonds. The molecule has 0 saturated heterocycles. The molecule has 0 aliphatic heterocycles. The first-order chi connectivity index (χ1) is 14.7. The molecule has 1 aromatic carbocycles. The first kappa shape index (κ1) is 23.2. The molecule has 0 aliphatic rings. The second-order valence-electron chi connectivity index (χ2n) is 7.07. The number of hydrogen-bond acceptors (Lipinski definition) is 7. The van der Waals surface area contributed by atoms with Crippen molar-refractivity contribution in [2.45, 2.75) is 45.3 Å². The number of thiophene rings is 1. The topological polar surface area (TPSA) is 103 Å². The minimum atomic E-state index is -0.538. The average molecular weight is 480 g/mol. The lowest BCUT2D eigenvalue weighted by molar-refractivity contribution is -0.384. The van der Waals surface area contributed by atoms with E-state index in [2.05, 4.69) is 34.7 Å². The standard InChI is InChI=1S/C20H22ClN5O3S2/c1-5-14-12(4)30-9-15(14)19-23-24-20(25(19)11(2)3)31-10-18(27)22-17-8-13(26(28)29)6-7-16(17)21/h6-9,11H,5,10H2,1-4H3,(H,22,27). The highest BCUT2D eigenvalue weighted by atomic mass is 35.5. The van der Waals surface area contributed by atoms with Crippen molar-refractivity contribution in [3.8, 4) is 11.4 Å². The van der Waals surface area contributed by atoms with E-state index < -0.39 is 4.92 Å². The number of nitrogens with one attached hydrogen (secondary N) is 1. The zero-order valence-electron chi connectivity index (χ0n) is 17.5. The second-order valence-corrected chi connectivity index (χ2v) is 9.50. The Hall–Kier alpha value is -2.43. The van der Waals surface area contributed by atoms with Gasteiger partial charge in [-0.05, 0) is 38.8 Å². The highest BCUT2D eigenvalue weighted by molar-refractivity contribution is 7.99. The van der Waals surface area contributed by atoms with Crippen LogP contribution in [0.5, 0.6) is 0 Å². The molecule has 3 aromatic rings. The normalized spacial score (nSPS) is 11.2. The van der Waals surface area contributed by atoms with Crippen molar-refractivity contribution in [2.75, 3.05) is 11.1 Å². The lowest BCUT2D eigenvalue weighted by Crippen LogP contribution is -2.15. The number of anilines is 1. The van der Waals surface area contributed by atoms with Gasteiger partial charge in [-0.25, -0.2) is 0 Å². The molecule has 2 heterocycles. The lowest BCUT2D eigenvalue weighted by atomic mass is 10.1. The maximum atomic E-state index is 12.5. The molecule has 0 atom stereocenters. The van der Waals surface area contributed by atoms with Crippen LogP contribution in [0.2, 0.25) is 5.02 Å². The van der Waals surface area contributed by atoms with Gasteiger partial charge in [0.25, 0.3) is 5.69 Å². The summed E-state index contributed by atoms with van der Waals surface area (Å²) in [5.41, 5.74) is 2.39. The molecule has 0 radical (unpaired) electrons. The molecule has 1 N–H and O–H groups in total. The molecule has 0 unspecified atom stereocenters. The first-order valence-corrected chi connectivity index (χ1v) is 11.9. The number of thioether (sulfide) groups is 1. The van der Waals surface area contributed by atoms with Gasteiger partial charge in [0.1, 0.15) is 0 Å². The Morgan fingerprint density at radius 1 is 1.39 bits per heavy atom. The zero-order valence-corrected chi connectivity index (χ0v) is 19.9. The van der Waals surface area contributed by atoms with Crippen LogP contribution in [0.15, 0.2) is 28.7 Å². The van der Waals surface area contributed by atoms with Gasteiger partial charge in [-0.2, -0.15) is 0 Å². The molecule has 3 rings (SSSR count). The summed E-state index contributed by atoms with van der Waals surface area (Å²) in [5, 5.41) is 25.3. The number of carbonyl (C=O) groups excluding carboxylic acids is 1. The van der Waals surface area contributed by atoms with Gasteiger partial charge < -0.3 is 5.32 Å². The zero-order chi connectivity index (χ0) is 22.7. The molecule has 11 heteroatoms. The van der Waals surface area contributed by atoms with Crippen molar-refractivity contribution < 1.29 is 9.72 Å². The van der Waals surface area contributed by atoms with Crippen LogP contribution in [0, 0.1) is 17.0 Å². The number of non-ortho nitro benzene ring substituents is 1. The minimum Gasteiger partial charge on any atom is -0.324 e. The molecular formula is C20H22ClN5O3S2. The van der Waals surface area contributed by atoms with E-state index in [1.54, 1.807) is 11.3 Å². The Bertz CT molecular complexity index is 1130. The summed E-state index contributed by atoms with van der Waals surface area (Å²) in [4.78, 5) is 24.1. The van der Waals surface area contributed by atoms with Crippen molar-refractivity contribution >= 4 is 52.0 Å². The summed E-state index contributed by atoms with van der Waals surface area (Å²) in [6, 6.07) is 4.02. The molecule has 0 spiro atoms. The summed E-state index contributed by atoms with van der Waals surface area (Å²) in [5.74, 6) is 0.515. The van der Waals surface area contributed by atoms with E-state index in [9.17, 15) is 14.9 Å². The number of rotatable bonds is 8. The number of benzene rings is 1. The maximum Gasteiger partial charge on any atom is 0.271 e. The smallest absolute Gasteiger partial charge is 0.271 e. The number of amides is 1. The Morgan fingerprint density at radius 2 is 2.13 bits per heavy atom. The van der Waals surface area contributed by atoms with Crippen LogP contribution in [0.1, 0.15) is 37.3 Å². The van der Waals surface area contributed by atoms with Gasteiger partial charge in [-0.15, -0.1) is 21.5 Å². The first-order valence-electron chi connectivity index (χ1n) is 9.61. The SMILES string of the molecule is CCc1c(-c2nnc(SCC(=O)Nc3cc([N+](=O)[O-])ccc3Cl)n2C(C)C)csc1C. The predicted molar refractivity (Wildman–Crippen MR) is 125 cm³/mol. The van der Waals surface area contributed by atoms with Gasteiger partial charge >= 0.3 is 0 Å². The summed E-state index contributed by atoms with van der Waals surface area (Å²) in [7, 11) is 0. The van der Waals surface area contributed by atoms with Crippen molar-refractivity contribution in [1.82, 2.24) is 14.8 Å². The Labute approximate surface area is 193 Å². The van der Waals surface area contributed by atoms with E-state index in [1.807, 2.05) is 18.4 Å². The molecule has 31 heavy (non-hydrogen) atoms. The van der Waals surface area contributed by atoms with Gasteiger partial charge in [0.2, 0.25) is 5.91 Å². The highest BCUT2D eigenvalue weighted by Crippen LogP contribution is 2.34. The minimum absolute atomic E-state index is 0.0627. The van der Waals surface area contributed by atoms with Crippen molar-refractivity contribution in [2.24, 2.45) is 0 Å². The predicted octanol–water partition coefficient (Wildman–Crippen LogP) is 5.75. The monoisotopic (exact) mass is 479 g/mol. The van der Waals surface area contributed by atoms with Crippen LogP contribution in [-0.2, 0) is 11.2 Å². The third-order valence-electron chi connectivity index (χ3n) is 4.65. The van der Waals surface area contributed by atoms with Crippen LogP contribution < -0.4 is 5.32 Å². The molecule has 8 nitrogen and oxygen atoms in total. The number of aryl methyl sites for hydroxylation is 1. The third kappa shape index (κ3) is 5.08. The van der Waals surface area contributed by atoms with Crippen LogP contribution in [0.25, 0.3) is 11.4 Å². The van der Waals surface area contributed by atoms with Crippen molar-refractivity contribution in [1.29, 1.82) is 0 Å². The highest BCUT2D eigenvalue weighted by Gasteiger charge is 2.21. The molecule has 0 aliphatic carbocycles. The quantitative estimate of drug-likeness (QED) is 0.250. The van der Waals surface area contributed by atoms with E-state index >= 15 is 0 Å². The Kier molecular flexibility index (Phi) is 7.34. The van der Waals surface area contributed by atoms with Crippen LogP contribution in [-0.4, -0.2) is 31.3 Å². The number of hydrogen-bond donors (Lipinski definition) is 1. The third-order valence-corrected chi connectivity index (χ3v) is 6.87. The molecule has 164 valence electrons.